The first kappa shape index (κ1) is 15.2. The Morgan fingerprint density at radius 2 is 1.50 bits per heavy atom. The highest BCUT2D eigenvalue weighted by Crippen LogP contribution is 2.19. The van der Waals surface area contributed by atoms with Crippen LogP contribution >= 0.6 is 0 Å². The van der Waals surface area contributed by atoms with Crippen LogP contribution in [0.1, 0.15) is 15.9 Å². The number of hydrogen-bond acceptors (Lipinski definition) is 4. The van der Waals surface area contributed by atoms with Gasteiger partial charge < -0.3 is 10.1 Å². The van der Waals surface area contributed by atoms with Gasteiger partial charge in [0, 0.05) is 18.2 Å². The first-order chi connectivity index (χ1) is 10.6. The maximum absolute atomic E-state index is 12.5. The van der Waals surface area contributed by atoms with Crippen molar-refractivity contribution in [3.63, 3.8) is 0 Å². The Bertz CT molecular complexity index is 698. The quantitative estimate of drug-likeness (QED) is 0.674. The largest absolute Gasteiger partial charge is 0.420 e. The molecule has 0 heterocycles. The normalized spacial score (nSPS) is 9.68. The zero-order chi connectivity index (χ0) is 15.9. The molecule has 0 aliphatic carbocycles. The van der Waals surface area contributed by atoms with E-state index in [4.69, 9.17) is 0 Å². The van der Waals surface area contributed by atoms with Crippen molar-refractivity contribution in [1.82, 2.24) is 5.32 Å². The van der Waals surface area contributed by atoms with E-state index in [1.807, 2.05) is 6.07 Å². The molecule has 6 heteroatoms. The van der Waals surface area contributed by atoms with Crippen LogP contribution in [-0.2, 0) is 4.74 Å². The zero-order valence-electron chi connectivity index (χ0n) is 11.8. The van der Waals surface area contributed by atoms with Gasteiger partial charge in [0.1, 0.15) is 0 Å². The summed E-state index contributed by atoms with van der Waals surface area (Å²) in [5.41, 5.74) is 1.07. The third-order valence-corrected chi connectivity index (χ3v) is 2.83. The van der Waals surface area contributed by atoms with Gasteiger partial charge in [0.05, 0.1) is 5.69 Å². The average molecular weight is 298 g/mol. The number of nitrogens with one attached hydrogen (secondary N) is 2. The van der Waals surface area contributed by atoms with Gasteiger partial charge in [-0.1, -0.05) is 42.5 Å². The van der Waals surface area contributed by atoms with Crippen molar-refractivity contribution in [3.8, 4) is 0 Å². The van der Waals surface area contributed by atoms with Crippen molar-refractivity contribution in [2.75, 3.05) is 12.4 Å². The van der Waals surface area contributed by atoms with Gasteiger partial charge in [0.2, 0.25) is 0 Å². The minimum absolute atomic E-state index is 0.239. The Hall–Kier alpha value is -3.15. The van der Waals surface area contributed by atoms with Gasteiger partial charge in [-0.3, -0.25) is 10.1 Å². The lowest BCUT2D eigenvalue weighted by Gasteiger charge is -2.10. The van der Waals surface area contributed by atoms with E-state index in [-0.39, 0.29) is 11.5 Å². The van der Waals surface area contributed by atoms with Crippen molar-refractivity contribution in [2.24, 2.45) is 0 Å². The van der Waals surface area contributed by atoms with Crippen LogP contribution in [0.15, 0.2) is 54.6 Å². The summed E-state index contributed by atoms with van der Waals surface area (Å²) >= 11 is 0. The number of ketones is 1. The molecule has 0 aromatic heterocycles. The fourth-order valence-electron chi connectivity index (χ4n) is 1.81. The molecular formula is C16H14N2O4. The molecule has 112 valence electrons. The molecule has 0 fully saturated rings. The van der Waals surface area contributed by atoms with Crippen LogP contribution in [0.5, 0.6) is 0 Å². The van der Waals surface area contributed by atoms with Crippen molar-refractivity contribution < 1.29 is 19.1 Å². The Morgan fingerprint density at radius 1 is 0.864 bits per heavy atom. The maximum Gasteiger partial charge on any atom is 0.420 e. The molecule has 6 nitrogen and oxygen atoms in total. The molecule has 0 aliphatic rings. The number of carbonyl (C=O) groups is 3. The van der Waals surface area contributed by atoms with Crippen LogP contribution in [0, 0.1) is 0 Å². The first-order valence-electron chi connectivity index (χ1n) is 6.51. The highest BCUT2D eigenvalue weighted by molar-refractivity contribution is 6.13. The predicted molar refractivity (Wildman–Crippen MR) is 80.9 cm³/mol. The lowest BCUT2D eigenvalue weighted by Crippen LogP contribution is -2.26. The molecule has 0 aliphatic heterocycles. The molecule has 0 spiro atoms. The van der Waals surface area contributed by atoms with E-state index in [1.165, 1.54) is 7.05 Å². The van der Waals surface area contributed by atoms with Crippen LogP contribution < -0.4 is 10.6 Å². The fraction of sp³-hybridized carbons (Fsp3) is 0.0625. The third-order valence-electron chi connectivity index (χ3n) is 2.83. The Balaban J connectivity index is 2.22. The lowest BCUT2D eigenvalue weighted by atomic mass is 10.0. The van der Waals surface area contributed by atoms with Crippen LogP contribution in [0.3, 0.4) is 0 Å². The average Bonchev–Trinajstić information content (AvgIpc) is 2.55. The van der Waals surface area contributed by atoms with Crippen LogP contribution in [0.2, 0.25) is 0 Å². The number of hydrogen-bond donors (Lipinski definition) is 2. The number of amides is 2. The topological polar surface area (TPSA) is 84.5 Å². The predicted octanol–water partition coefficient (Wildman–Crippen LogP) is 2.81. The number of ether oxygens (including phenoxy) is 1. The summed E-state index contributed by atoms with van der Waals surface area (Å²) in [4.78, 5) is 35.0. The molecule has 0 unspecified atom stereocenters. The smallest absolute Gasteiger partial charge is 0.359 e. The monoisotopic (exact) mass is 298 g/mol. The van der Waals surface area contributed by atoms with Crippen LogP contribution in [0.25, 0.3) is 0 Å². The second kappa shape index (κ2) is 7.03. The van der Waals surface area contributed by atoms with E-state index in [2.05, 4.69) is 15.4 Å². The van der Waals surface area contributed by atoms with Crippen LogP contribution in [-0.4, -0.2) is 25.0 Å². The molecule has 0 radical (unpaired) electrons. The van der Waals surface area contributed by atoms with E-state index in [0.717, 1.165) is 0 Å². The Labute approximate surface area is 127 Å². The number of alkyl carbamates (subject to hydrolysis) is 1. The second-order valence-electron chi connectivity index (χ2n) is 4.29. The molecule has 2 rings (SSSR count). The number of anilines is 1. The summed E-state index contributed by atoms with van der Waals surface area (Å²) in [6, 6.07) is 15.2. The summed E-state index contributed by atoms with van der Waals surface area (Å²) in [5.74, 6) is -0.239. The van der Waals surface area contributed by atoms with E-state index < -0.39 is 12.2 Å². The Morgan fingerprint density at radius 3 is 2.18 bits per heavy atom. The lowest BCUT2D eigenvalue weighted by molar-refractivity contribution is 0.103. The van der Waals surface area contributed by atoms with Gasteiger partial charge in [-0.2, -0.15) is 0 Å². The van der Waals surface area contributed by atoms with Crippen molar-refractivity contribution in [1.29, 1.82) is 0 Å². The van der Waals surface area contributed by atoms with Gasteiger partial charge in [0.25, 0.3) is 0 Å². The van der Waals surface area contributed by atoms with Gasteiger partial charge in [0.15, 0.2) is 5.78 Å². The highest BCUT2D eigenvalue weighted by Gasteiger charge is 2.16. The molecule has 0 saturated heterocycles. The van der Waals surface area contributed by atoms with Gasteiger partial charge in [-0.15, -0.1) is 0 Å². The number of para-hydroxylation sites is 1. The van der Waals surface area contributed by atoms with E-state index in [0.29, 0.717) is 11.1 Å². The molecular weight excluding hydrogens is 284 g/mol. The summed E-state index contributed by atoms with van der Waals surface area (Å²) in [7, 11) is 1.34. The van der Waals surface area contributed by atoms with E-state index in [9.17, 15) is 14.4 Å². The number of benzene rings is 2. The molecule has 2 amide bonds. The standard InChI is InChI=1S/C16H14N2O4/c1-17-15(20)22-16(21)18-13-10-6-5-9-12(13)14(19)11-7-3-2-4-8-11/h2-10H,1H3,(H,17,20)(H,18,21). The van der Waals surface area contributed by atoms with E-state index in [1.54, 1.807) is 48.5 Å². The zero-order valence-corrected chi connectivity index (χ0v) is 11.8. The van der Waals surface area contributed by atoms with Gasteiger partial charge >= 0.3 is 12.2 Å². The molecule has 0 saturated carbocycles. The van der Waals surface area contributed by atoms with Crippen molar-refractivity contribution in [3.05, 3.63) is 65.7 Å². The summed E-state index contributed by atoms with van der Waals surface area (Å²) in [6.07, 6.45) is -1.85. The summed E-state index contributed by atoms with van der Waals surface area (Å²) in [6.45, 7) is 0. The molecule has 0 atom stereocenters. The van der Waals surface area contributed by atoms with E-state index >= 15 is 0 Å². The SMILES string of the molecule is CNC(=O)OC(=O)Nc1ccccc1C(=O)c1ccccc1. The summed E-state index contributed by atoms with van der Waals surface area (Å²) in [5, 5.41) is 4.54. The fourth-order valence-corrected chi connectivity index (χ4v) is 1.81. The summed E-state index contributed by atoms with van der Waals surface area (Å²) < 4.78 is 4.43. The van der Waals surface area contributed by atoms with Crippen molar-refractivity contribution >= 4 is 23.7 Å². The Kier molecular flexibility index (Phi) is 4.87. The third kappa shape index (κ3) is 3.69. The maximum atomic E-state index is 12.5. The minimum atomic E-state index is -0.965. The second-order valence-corrected chi connectivity index (χ2v) is 4.29. The molecule has 2 aromatic rings. The first-order valence-corrected chi connectivity index (χ1v) is 6.51. The molecule has 2 aromatic carbocycles. The number of rotatable bonds is 3. The molecule has 0 bridgehead atoms. The minimum Gasteiger partial charge on any atom is -0.359 e. The van der Waals surface area contributed by atoms with Gasteiger partial charge in [-0.25, -0.2) is 9.59 Å². The molecule has 22 heavy (non-hydrogen) atoms. The van der Waals surface area contributed by atoms with Gasteiger partial charge in [-0.05, 0) is 12.1 Å². The molecule has 2 N–H and O–H groups in total. The van der Waals surface area contributed by atoms with Crippen molar-refractivity contribution in [2.45, 2.75) is 0 Å². The van der Waals surface area contributed by atoms with Crippen LogP contribution in [0.4, 0.5) is 15.3 Å². The number of carbonyl (C=O) groups excluding carboxylic acids is 3. The highest BCUT2D eigenvalue weighted by atomic mass is 16.6.